The van der Waals surface area contributed by atoms with Gasteiger partial charge in [-0.15, -0.1) is 0 Å². The lowest BCUT2D eigenvalue weighted by molar-refractivity contribution is 0.164. The third-order valence-electron chi connectivity index (χ3n) is 3.42. The maximum absolute atomic E-state index is 6.33. The van der Waals surface area contributed by atoms with Crippen LogP contribution in [0.15, 0.2) is 24.3 Å². The van der Waals surface area contributed by atoms with E-state index in [1.54, 1.807) is 0 Å². The van der Waals surface area contributed by atoms with E-state index in [2.05, 4.69) is 29.3 Å². The zero-order valence-corrected chi connectivity index (χ0v) is 11.2. The molecular weight excluding hydrogens is 232 g/mol. The van der Waals surface area contributed by atoms with Crippen molar-refractivity contribution in [1.82, 2.24) is 10.2 Å². The Hall–Kier alpha value is -0.570. The van der Waals surface area contributed by atoms with Gasteiger partial charge in [0.2, 0.25) is 0 Å². The van der Waals surface area contributed by atoms with Crippen LogP contribution in [-0.4, -0.2) is 31.1 Å². The minimum Gasteiger partial charge on any atom is -0.314 e. The molecule has 1 aliphatic heterocycles. The minimum atomic E-state index is 0.482. The SMILES string of the molecule is CCC[C@@H](c1ccccc1Cl)N1CCNCC1. The Kier molecular flexibility index (Phi) is 4.84. The number of rotatable bonds is 4. The predicted molar refractivity (Wildman–Crippen MR) is 73.5 cm³/mol. The first kappa shape index (κ1) is 12.9. The number of hydrogen-bond acceptors (Lipinski definition) is 2. The third kappa shape index (κ3) is 3.21. The summed E-state index contributed by atoms with van der Waals surface area (Å²) in [4.78, 5) is 2.56. The summed E-state index contributed by atoms with van der Waals surface area (Å²) in [5.41, 5.74) is 1.29. The molecule has 0 aliphatic carbocycles. The van der Waals surface area contributed by atoms with E-state index in [9.17, 15) is 0 Å². The normalized spacial score (nSPS) is 19.2. The van der Waals surface area contributed by atoms with E-state index in [-0.39, 0.29) is 0 Å². The Balaban J connectivity index is 2.18. The third-order valence-corrected chi connectivity index (χ3v) is 3.76. The van der Waals surface area contributed by atoms with Gasteiger partial charge in [0, 0.05) is 37.2 Å². The summed E-state index contributed by atoms with van der Waals surface area (Å²) < 4.78 is 0. The number of piperazine rings is 1. The molecule has 1 heterocycles. The molecule has 2 nitrogen and oxygen atoms in total. The molecule has 0 radical (unpaired) electrons. The predicted octanol–water partition coefficient (Wildman–Crippen LogP) is 3.09. The lowest BCUT2D eigenvalue weighted by Gasteiger charge is -2.35. The highest BCUT2D eigenvalue weighted by atomic mass is 35.5. The summed E-state index contributed by atoms with van der Waals surface area (Å²) in [6, 6.07) is 8.75. The number of benzene rings is 1. The molecule has 0 spiro atoms. The molecule has 1 aromatic carbocycles. The van der Waals surface area contributed by atoms with Gasteiger partial charge in [0.1, 0.15) is 0 Å². The van der Waals surface area contributed by atoms with Crippen molar-refractivity contribution in [3.8, 4) is 0 Å². The van der Waals surface area contributed by atoms with Gasteiger partial charge in [0.05, 0.1) is 0 Å². The van der Waals surface area contributed by atoms with Gasteiger partial charge in [-0.3, -0.25) is 4.90 Å². The zero-order chi connectivity index (χ0) is 12.1. The van der Waals surface area contributed by atoms with E-state index < -0.39 is 0 Å². The highest BCUT2D eigenvalue weighted by Gasteiger charge is 2.22. The Morgan fingerprint density at radius 1 is 1.29 bits per heavy atom. The van der Waals surface area contributed by atoms with Crippen molar-refractivity contribution < 1.29 is 0 Å². The first-order valence-electron chi connectivity index (χ1n) is 6.52. The number of halogens is 1. The lowest BCUT2D eigenvalue weighted by Crippen LogP contribution is -2.45. The van der Waals surface area contributed by atoms with Crippen LogP contribution in [0.1, 0.15) is 31.4 Å². The van der Waals surface area contributed by atoms with Crippen molar-refractivity contribution >= 4 is 11.6 Å². The van der Waals surface area contributed by atoms with Crippen LogP contribution in [-0.2, 0) is 0 Å². The first-order valence-corrected chi connectivity index (χ1v) is 6.90. The highest BCUT2D eigenvalue weighted by molar-refractivity contribution is 6.31. The van der Waals surface area contributed by atoms with Gasteiger partial charge in [0.15, 0.2) is 0 Å². The Bertz CT molecular complexity index is 348. The molecule has 1 atom stereocenters. The molecule has 2 rings (SSSR count). The van der Waals surface area contributed by atoms with Crippen molar-refractivity contribution in [2.75, 3.05) is 26.2 Å². The van der Waals surface area contributed by atoms with Crippen molar-refractivity contribution in [3.05, 3.63) is 34.9 Å². The maximum Gasteiger partial charge on any atom is 0.0453 e. The van der Waals surface area contributed by atoms with E-state index >= 15 is 0 Å². The number of hydrogen-bond donors (Lipinski definition) is 1. The van der Waals surface area contributed by atoms with Gasteiger partial charge in [-0.2, -0.15) is 0 Å². The fourth-order valence-electron chi connectivity index (χ4n) is 2.55. The second kappa shape index (κ2) is 6.39. The first-order chi connectivity index (χ1) is 8.33. The van der Waals surface area contributed by atoms with E-state index in [0.717, 1.165) is 31.2 Å². The average Bonchev–Trinajstić information content (AvgIpc) is 2.38. The fourth-order valence-corrected chi connectivity index (χ4v) is 2.81. The molecule has 1 fully saturated rings. The van der Waals surface area contributed by atoms with Gasteiger partial charge in [-0.25, -0.2) is 0 Å². The topological polar surface area (TPSA) is 15.3 Å². The van der Waals surface area contributed by atoms with Crippen molar-refractivity contribution in [2.45, 2.75) is 25.8 Å². The van der Waals surface area contributed by atoms with Crippen LogP contribution in [0.3, 0.4) is 0 Å². The fraction of sp³-hybridized carbons (Fsp3) is 0.571. The summed E-state index contributed by atoms with van der Waals surface area (Å²) in [7, 11) is 0. The van der Waals surface area contributed by atoms with Gasteiger partial charge < -0.3 is 5.32 Å². The maximum atomic E-state index is 6.33. The molecular formula is C14H21ClN2. The molecule has 0 aromatic heterocycles. The smallest absolute Gasteiger partial charge is 0.0453 e. The van der Waals surface area contributed by atoms with Crippen LogP contribution in [0.4, 0.5) is 0 Å². The minimum absolute atomic E-state index is 0.482. The Morgan fingerprint density at radius 3 is 2.65 bits per heavy atom. The molecule has 1 N–H and O–H groups in total. The second-order valence-electron chi connectivity index (χ2n) is 4.61. The monoisotopic (exact) mass is 252 g/mol. The molecule has 3 heteroatoms. The van der Waals surface area contributed by atoms with Crippen molar-refractivity contribution in [2.24, 2.45) is 0 Å². The van der Waals surface area contributed by atoms with Crippen molar-refractivity contribution in [3.63, 3.8) is 0 Å². The number of nitrogens with one attached hydrogen (secondary N) is 1. The Morgan fingerprint density at radius 2 is 2.00 bits per heavy atom. The van der Waals surface area contributed by atoms with Crippen LogP contribution in [0.2, 0.25) is 5.02 Å². The standard InChI is InChI=1S/C14H21ClN2/c1-2-5-14(17-10-8-16-9-11-17)12-6-3-4-7-13(12)15/h3-4,6-7,14,16H,2,5,8-11H2,1H3/t14-/m0/s1. The lowest BCUT2D eigenvalue weighted by atomic mass is 10.00. The molecule has 0 saturated carbocycles. The van der Waals surface area contributed by atoms with Crippen LogP contribution >= 0.6 is 11.6 Å². The largest absolute Gasteiger partial charge is 0.314 e. The number of nitrogens with zero attached hydrogens (tertiary/aromatic N) is 1. The molecule has 1 saturated heterocycles. The molecule has 0 amide bonds. The van der Waals surface area contributed by atoms with Crippen LogP contribution in [0.25, 0.3) is 0 Å². The molecule has 94 valence electrons. The van der Waals surface area contributed by atoms with E-state index in [1.165, 1.54) is 18.4 Å². The van der Waals surface area contributed by atoms with Crippen LogP contribution < -0.4 is 5.32 Å². The molecule has 0 unspecified atom stereocenters. The quantitative estimate of drug-likeness (QED) is 0.886. The van der Waals surface area contributed by atoms with Gasteiger partial charge >= 0.3 is 0 Å². The van der Waals surface area contributed by atoms with E-state index in [0.29, 0.717) is 6.04 Å². The molecule has 17 heavy (non-hydrogen) atoms. The second-order valence-corrected chi connectivity index (χ2v) is 5.02. The zero-order valence-electron chi connectivity index (χ0n) is 10.5. The van der Waals surface area contributed by atoms with Crippen LogP contribution in [0.5, 0.6) is 0 Å². The van der Waals surface area contributed by atoms with Crippen LogP contribution in [0, 0.1) is 0 Å². The highest BCUT2D eigenvalue weighted by Crippen LogP contribution is 2.31. The summed E-state index contributed by atoms with van der Waals surface area (Å²) in [5.74, 6) is 0. The van der Waals surface area contributed by atoms with E-state index in [4.69, 9.17) is 11.6 Å². The summed E-state index contributed by atoms with van der Waals surface area (Å²) in [6.45, 7) is 6.66. The summed E-state index contributed by atoms with van der Waals surface area (Å²) >= 11 is 6.33. The van der Waals surface area contributed by atoms with Gasteiger partial charge in [-0.05, 0) is 18.1 Å². The molecule has 1 aromatic rings. The van der Waals surface area contributed by atoms with Gasteiger partial charge in [-0.1, -0.05) is 43.1 Å². The summed E-state index contributed by atoms with van der Waals surface area (Å²) in [5, 5.41) is 4.31. The average molecular weight is 253 g/mol. The molecule has 1 aliphatic rings. The van der Waals surface area contributed by atoms with E-state index in [1.807, 2.05) is 12.1 Å². The Labute approximate surface area is 109 Å². The van der Waals surface area contributed by atoms with Crippen molar-refractivity contribution in [1.29, 1.82) is 0 Å². The van der Waals surface area contributed by atoms with Gasteiger partial charge in [0.25, 0.3) is 0 Å². The molecule has 0 bridgehead atoms. The summed E-state index contributed by atoms with van der Waals surface area (Å²) in [6.07, 6.45) is 2.38.